The van der Waals surface area contributed by atoms with Gasteiger partial charge in [0.1, 0.15) is 11.4 Å². The van der Waals surface area contributed by atoms with Gasteiger partial charge in [-0.1, -0.05) is 0 Å². The van der Waals surface area contributed by atoms with Gasteiger partial charge in [-0.15, -0.1) is 0 Å². The zero-order valence-electron chi connectivity index (χ0n) is 7.95. The molecule has 0 radical (unpaired) electrons. The number of alkyl halides is 3. The number of aromatic hydroxyl groups is 1. The van der Waals surface area contributed by atoms with E-state index >= 15 is 0 Å². The highest BCUT2D eigenvalue weighted by Gasteiger charge is 2.32. The second-order valence-electron chi connectivity index (χ2n) is 3.01. The molecule has 1 aromatic rings. The molecule has 86 valence electrons. The van der Waals surface area contributed by atoms with Crippen LogP contribution in [0.15, 0.2) is 36.0 Å². The third-order valence-corrected chi connectivity index (χ3v) is 1.77. The number of ketones is 1. The fraction of sp³-hybridized carbons (Fsp3) is 0.100. The predicted molar refractivity (Wildman–Crippen MR) is 50.8 cm³/mol. The summed E-state index contributed by atoms with van der Waals surface area (Å²) in [5.74, 6) is -0.945. The van der Waals surface area contributed by atoms with Crippen molar-refractivity contribution < 1.29 is 23.1 Å². The molecule has 1 rings (SSSR count). The molecule has 0 aromatic heterocycles. The Morgan fingerprint density at radius 2 is 1.75 bits per heavy atom. The second-order valence-corrected chi connectivity index (χ2v) is 3.01. The quantitative estimate of drug-likeness (QED) is 0.604. The van der Waals surface area contributed by atoms with Crippen LogP contribution < -0.4 is 5.73 Å². The highest BCUT2D eigenvalue weighted by atomic mass is 19.4. The summed E-state index contributed by atoms with van der Waals surface area (Å²) in [6.45, 7) is 0. The molecule has 0 saturated heterocycles. The van der Waals surface area contributed by atoms with Crippen LogP contribution in [-0.2, 0) is 0 Å². The lowest BCUT2D eigenvalue weighted by atomic mass is 10.1. The van der Waals surface area contributed by atoms with Gasteiger partial charge in [-0.25, -0.2) is 0 Å². The van der Waals surface area contributed by atoms with Gasteiger partial charge < -0.3 is 10.8 Å². The summed E-state index contributed by atoms with van der Waals surface area (Å²) in [6, 6.07) is 4.81. The van der Waals surface area contributed by atoms with E-state index < -0.39 is 17.7 Å². The number of rotatable bonds is 2. The van der Waals surface area contributed by atoms with Crippen molar-refractivity contribution in [1.82, 2.24) is 0 Å². The fourth-order valence-electron chi connectivity index (χ4n) is 0.932. The normalized spacial score (nSPS) is 12.6. The molecule has 0 aliphatic heterocycles. The number of phenols is 1. The Morgan fingerprint density at radius 3 is 2.19 bits per heavy atom. The molecule has 6 heteroatoms. The first-order chi connectivity index (χ1) is 7.30. The lowest BCUT2D eigenvalue weighted by Crippen LogP contribution is -2.20. The molecule has 0 heterocycles. The van der Waals surface area contributed by atoms with E-state index in [0.29, 0.717) is 6.08 Å². The molecule has 3 N–H and O–H groups in total. The van der Waals surface area contributed by atoms with Crippen molar-refractivity contribution in [1.29, 1.82) is 0 Å². The molecule has 0 amide bonds. The molecule has 16 heavy (non-hydrogen) atoms. The second kappa shape index (κ2) is 4.26. The van der Waals surface area contributed by atoms with Gasteiger partial charge in [0, 0.05) is 11.6 Å². The molecule has 0 atom stereocenters. The first-order valence-electron chi connectivity index (χ1n) is 4.18. The van der Waals surface area contributed by atoms with E-state index in [1.54, 1.807) is 0 Å². The summed E-state index contributed by atoms with van der Waals surface area (Å²) in [5.41, 5.74) is 3.25. The van der Waals surface area contributed by atoms with Crippen LogP contribution in [0.3, 0.4) is 0 Å². The highest BCUT2D eigenvalue weighted by Crippen LogP contribution is 2.22. The van der Waals surface area contributed by atoms with E-state index in [9.17, 15) is 18.0 Å². The van der Waals surface area contributed by atoms with Gasteiger partial charge in [0.15, 0.2) is 5.78 Å². The highest BCUT2D eigenvalue weighted by molar-refractivity contribution is 6.04. The lowest BCUT2D eigenvalue weighted by molar-refractivity contribution is -0.0927. The monoisotopic (exact) mass is 231 g/mol. The number of hydrogen-bond donors (Lipinski definition) is 2. The fourth-order valence-corrected chi connectivity index (χ4v) is 0.932. The minimum absolute atomic E-state index is 0.0185. The van der Waals surface area contributed by atoms with Crippen molar-refractivity contribution in [2.45, 2.75) is 6.18 Å². The summed E-state index contributed by atoms with van der Waals surface area (Å²) in [5, 5.41) is 8.92. The molecule has 0 unspecified atom stereocenters. The molecular weight excluding hydrogens is 223 g/mol. The van der Waals surface area contributed by atoms with E-state index in [4.69, 9.17) is 5.11 Å². The van der Waals surface area contributed by atoms with Crippen LogP contribution >= 0.6 is 0 Å². The van der Waals surface area contributed by atoms with Crippen LogP contribution in [0.2, 0.25) is 0 Å². The van der Waals surface area contributed by atoms with Gasteiger partial charge in [0.05, 0.1) is 0 Å². The van der Waals surface area contributed by atoms with Crippen molar-refractivity contribution in [3.05, 3.63) is 41.6 Å². The first-order valence-corrected chi connectivity index (χ1v) is 4.18. The Kier molecular flexibility index (Phi) is 3.22. The Hall–Kier alpha value is -1.98. The number of carbonyl (C=O) groups is 1. The predicted octanol–water partition coefficient (Wildman–Crippen LogP) is 1.98. The van der Waals surface area contributed by atoms with E-state index in [-0.39, 0.29) is 11.3 Å². The molecule has 0 saturated carbocycles. The van der Waals surface area contributed by atoms with Crippen LogP contribution in [0.5, 0.6) is 5.75 Å². The number of carbonyl (C=O) groups excluding carboxylic acids is 1. The summed E-state index contributed by atoms with van der Waals surface area (Å²) >= 11 is 0. The maximum Gasteiger partial charge on any atom is 0.430 e. The average molecular weight is 231 g/mol. The van der Waals surface area contributed by atoms with E-state index in [2.05, 4.69) is 5.73 Å². The summed E-state index contributed by atoms with van der Waals surface area (Å²) in [7, 11) is 0. The molecule has 0 aliphatic rings. The van der Waals surface area contributed by atoms with Crippen LogP contribution in [0.25, 0.3) is 0 Å². The number of phenolic OH excluding ortho intramolecular Hbond substituents is 1. The zero-order valence-corrected chi connectivity index (χ0v) is 7.95. The van der Waals surface area contributed by atoms with Crippen LogP contribution in [0.1, 0.15) is 10.4 Å². The van der Waals surface area contributed by atoms with Crippen molar-refractivity contribution in [3.63, 3.8) is 0 Å². The lowest BCUT2D eigenvalue weighted by Gasteiger charge is -2.05. The Balaban J connectivity index is 2.92. The van der Waals surface area contributed by atoms with Crippen molar-refractivity contribution >= 4 is 5.78 Å². The minimum atomic E-state index is -4.72. The first kappa shape index (κ1) is 12.1. The minimum Gasteiger partial charge on any atom is -0.508 e. The van der Waals surface area contributed by atoms with Crippen molar-refractivity contribution in [3.8, 4) is 5.75 Å². The van der Waals surface area contributed by atoms with Gasteiger partial charge in [-0.3, -0.25) is 4.79 Å². The number of benzene rings is 1. The molecule has 3 nitrogen and oxygen atoms in total. The molecular formula is C10H8F3NO2. The average Bonchev–Trinajstić information content (AvgIpc) is 2.17. The van der Waals surface area contributed by atoms with Crippen LogP contribution in [-0.4, -0.2) is 17.1 Å². The summed E-state index contributed by atoms with van der Waals surface area (Å²) in [6.07, 6.45) is -4.40. The molecule has 0 fully saturated rings. The van der Waals surface area contributed by atoms with E-state index in [1.807, 2.05) is 0 Å². The number of hydrogen-bond acceptors (Lipinski definition) is 3. The van der Waals surface area contributed by atoms with Crippen LogP contribution in [0.4, 0.5) is 13.2 Å². The van der Waals surface area contributed by atoms with Gasteiger partial charge in [-0.05, 0) is 24.3 Å². The molecule has 1 aromatic carbocycles. The smallest absolute Gasteiger partial charge is 0.430 e. The van der Waals surface area contributed by atoms with Crippen LogP contribution in [0, 0.1) is 0 Å². The maximum absolute atomic E-state index is 12.0. The van der Waals surface area contributed by atoms with E-state index in [1.165, 1.54) is 24.3 Å². The van der Waals surface area contributed by atoms with Crippen molar-refractivity contribution in [2.75, 3.05) is 0 Å². The maximum atomic E-state index is 12.0. The van der Waals surface area contributed by atoms with E-state index in [0.717, 1.165) is 0 Å². The third-order valence-electron chi connectivity index (χ3n) is 1.77. The van der Waals surface area contributed by atoms with Crippen molar-refractivity contribution in [2.24, 2.45) is 5.73 Å². The Morgan fingerprint density at radius 1 is 1.25 bits per heavy atom. The van der Waals surface area contributed by atoms with Gasteiger partial charge in [0.25, 0.3) is 0 Å². The third kappa shape index (κ3) is 3.01. The molecule has 0 spiro atoms. The summed E-state index contributed by atoms with van der Waals surface area (Å²) in [4.78, 5) is 11.3. The largest absolute Gasteiger partial charge is 0.508 e. The Bertz CT molecular complexity index is 421. The number of nitrogens with two attached hydrogens (primary N) is 1. The SMILES string of the molecule is N/C(=C\C(=O)c1ccc(O)cc1)C(F)(F)F. The topological polar surface area (TPSA) is 63.3 Å². The molecule has 0 bridgehead atoms. The summed E-state index contributed by atoms with van der Waals surface area (Å²) < 4.78 is 36.0. The molecule has 0 aliphatic carbocycles. The Labute approximate surface area is 89.0 Å². The number of allylic oxidation sites excluding steroid dienone is 2. The zero-order chi connectivity index (χ0) is 12.3. The van der Waals surface area contributed by atoms with Gasteiger partial charge in [0.2, 0.25) is 0 Å². The number of halogens is 3. The van der Waals surface area contributed by atoms with Gasteiger partial charge >= 0.3 is 6.18 Å². The van der Waals surface area contributed by atoms with Gasteiger partial charge in [-0.2, -0.15) is 13.2 Å². The standard InChI is InChI=1S/C10H8F3NO2/c11-10(12,13)9(14)5-8(16)6-1-3-7(15)4-2-6/h1-5,15H,14H2/b9-5-.